The Morgan fingerprint density at radius 2 is 2.13 bits per heavy atom. The number of pyridine rings is 2. The second-order valence-electron chi connectivity index (χ2n) is 8.38. The SMILES string of the molecule is CC(C(=O)Nc1ccc(/C=C/C2CC2)cn1)N1CCC(F)(F)C(c2ccc(=O)[nH]c2)C1. The second kappa shape index (κ2) is 8.70. The average Bonchev–Trinajstić information content (AvgIpc) is 3.58. The fourth-order valence-corrected chi connectivity index (χ4v) is 3.78. The fraction of sp³-hybridized carbons (Fsp3) is 0.435. The number of likely N-dealkylation sites (tertiary alicyclic amines) is 1. The Bertz CT molecular complexity index is 994. The average molecular weight is 428 g/mol. The van der Waals surface area contributed by atoms with Gasteiger partial charge in [-0.15, -0.1) is 0 Å². The molecule has 6 nitrogen and oxygen atoms in total. The number of piperidine rings is 1. The Hall–Kier alpha value is -2.87. The monoisotopic (exact) mass is 428 g/mol. The third-order valence-corrected chi connectivity index (χ3v) is 6.02. The van der Waals surface area contributed by atoms with Gasteiger partial charge in [0, 0.05) is 38.0 Å². The molecule has 0 spiro atoms. The lowest BCUT2D eigenvalue weighted by atomic mass is 9.87. The van der Waals surface area contributed by atoms with Crippen molar-refractivity contribution in [3.8, 4) is 0 Å². The van der Waals surface area contributed by atoms with Gasteiger partial charge in [0.1, 0.15) is 5.82 Å². The predicted molar refractivity (Wildman–Crippen MR) is 115 cm³/mol. The van der Waals surface area contributed by atoms with Gasteiger partial charge in [-0.05, 0) is 48.9 Å². The van der Waals surface area contributed by atoms with E-state index in [4.69, 9.17) is 0 Å². The van der Waals surface area contributed by atoms with Gasteiger partial charge in [0.05, 0.1) is 12.0 Å². The molecule has 0 aromatic carbocycles. The molecule has 2 atom stereocenters. The normalized spacial score (nSPS) is 22.4. The van der Waals surface area contributed by atoms with E-state index < -0.39 is 17.9 Å². The molecule has 0 bridgehead atoms. The number of amides is 1. The number of nitrogens with one attached hydrogen (secondary N) is 2. The summed E-state index contributed by atoms with van der Waals surface area (Å²) in [6.45, 7) is 1.83. The molecule has 1 saturated heterocycles. The number of carbonyl (C=O) groups is 1. The van der Waals surface area contributed by atoms with Crippen LogP contribution in [0.2, 0.25) is 0 Å². The van der Waals surface area contributed by atoms with E-state index in [1.165, 1.54) is 31.2 Å². The Morgan fingerprint density at radius 3 is 2.77 bits per heavy atom. The number of rotatable bonds is 6. The smallest absolute Gasteiger partial charge is 0.257 e. The highest BCUT2D eigenvalue weighted by molar-refractivity contribution is 5.93. The summed E-state index contributed by atoms with van der Waals surface area (Å²) in [5.74, 6) is -3.18. The van der Waals surface area contributed by atoms with E-state index in [-0.39, 0.29) is 31.0 Å². The zero-order valence-electron chi connectivity index (χ0n) is 17.4. The van der Waals surface area contributed by atoms with Crippen LogP contribution in [0.1, 0.15) is 43.2 Å². The zero-order valence-corrected chi connectivity index (χ0v) is 17.4. The van der Waals surface area contributed by atoms with Crippen molar-refractivity contribution >= 4 is 17.8 Å². The minimum absolute atomic E-state index is 0.0198. The number of hydrogen-bond acceptors (Lipinski definition) is 4. The fourth-order valence-electron chi connectivity index (χ4n) is 3.78. The molecule has 8 heteroatoms. The number of allylic oxidation sites excluding steroid dienone is 1. The third-order valence-electron chi connectivity index (χ3n) is 6.02. The van der Waals surface area contributed by atoms with Crippen LogP contribution >= 0.6 is 0 Å². The number of anilines is 1. The molecule has 31 heavy (non-hydrogen) atoms. The molecule has 1 saturated carbocycles. The highest BCUT2D eigenvalue weighted by Crippen LogP contribution is 2.40. The van der Waals surface area contributed by atoms with E-state index in [1.807, 2.05) is 12.1 Å². The van der Waals surface area contributed by atoms with Gasteiger partial charge < -0.3 is 10.3 Å². The summed E-state index contributed by atoms with van der Waals surface area (Å²) < 4.78 is 29.1. The Kier molecular flexibility index (Phi) is 6.00. The first-order chi connectivity index (χ1) is 14.8. The van der Waals surface area contributed by atoms with Gasteiger partial charge in [-0.3, -0.25) is 14.5 Å². The lowest BCUT2D eigenvalue weighted by Gasteiger charge is -2.40. The topological polar surface area (TPSA) is 78.1 Å². The Labute approximate surface area is 179 Å². The molecule has 1 aliphatic carbocycles. The molecular weight excluding hydrogens is 402 g/mol. The van der Waals surface area contributed by atoms with Gasteiger partial charge >= 0.3 is 0 Å². The largest absolute Gasteiger partial charge is 0.329 e. The van der Waals surface area contributed by atoms with Crippen molar-refractivity contribution in [2.75, 3.05) is 18.4 Å². The summed E-state index contributed by atoms with van der Waals surface area (Å²) in [7, 11) is 0. The van der Waals surface area contributed by atoms with Crippen LogP contribution in [-0.4, -0.2) is 45.8 Å². The van der Waals surface area contributed by atoms with Crippen LogP contribution in [0.5, 0.6) is 0 Å². The van der Waals surface area contributed by atoms with Gasteiger partial charge in [-0.2, -0.15) is 0 Å². The van der Waals surface area contributed by atoms with E-state index >= 15 is 0 Å². The Morgan fingerprint density at radius 1 is 1.32 bits per heavy atom. The van der Waals surface area contributed by atoms with Crippen molar-refractivity contribution in [2.24, 2.45) is 5.92 Å². The van der Waals surface area contributed by atoms with E-state index in [9.17, 15) is 18.4 Å². The van der Waals surface area contributed by atoms with E-state index in [2.05, 4.69) is 21.4 Å². The predicted octanol–water partition coefficient (Wildman–Crippen LogP) is 3.64. The summed E-state index contributed by atoms with van der Waals surface area (Å²) in [5.41, 5.74) is 0.993. The highest BCUT2D eigenvalue weighted by atomic mass is 19.3. The first-order valence-corrected chi connectivity index (χ1v) is 10.6. The molecule has 1 aliphatic heterocycles. The zero-order chi connectivity index (χ0) is 22.0. The van der Waals surface area contributed by atoms with Crippen molar-refractivity contribution in [3.63, 3.8) is 0 Å². The molecular formula is C23H26F2N4O2. The summed E-state index contributed by atoms with van der Waals surface area (Å²) >= 11 is 0. The van der Waals surface area contributed by atoms with Crippen LogP contribution in [0.3, 0.4) is 0 Å². The van der Waals surface area contributed by atoms with E-state index in [0.717, 1.165) is 5.56 Å². The molecule has 3 heterocycles. The van der Waals surface area contributed by atoms with Crippen molar-refractivity contribution in [1.82, 2.24) is 14.9 Å². The number of aromatic amines is 1. The molecule has 0 radical (unpaired) electrons. The van der Waals surface area contributed by atoms with E-state index in [0.29, 0.717) is 17.3 Å². The van der Waals surface area contributed by atoms with Crippen LogP contribution in [-0.2, 0) is 4.79 Å². The van der Waals surface area contributed by atoms with Crippen molar-refractivity contribution in [1.29, 1.82) is 0 Å². The number of nitrogens with zero attached hydrogens (tertiary/aromatic N) is 2. The van der Waals surface area contributed by atoms with Crippen LogP contribution in [0.15, 0.2) is 47.5 Å². The summed E-state index contributed by atoms with van der Waals surface area (Å²) in [6, 6.07) is 5.70. The molecule has 2 aromatic heterocycles. The first-order valence-electron chi connectivity index (χ1n) is 10.6. The molecule has 2 aliphatic rings. The van der Waals surface area contributed by atoms with Gasteiger partial charge in [0.2, 0.25) is 11.5 Å². The Balaban J connectivity index is 1.39. The molecule has 2 N–H and O–H groups in total. The molecule has 2 aromatic rings. The number of alkyl halides is 2. The van der Waals surface area contributed by atoms with Crippen LogP contribution < -0.4 is 10.9 Å². The van der Waals surface area contributed by atoms with Gasteiger partial charge in [0.15, 0.2) is 0 Å². The summed E-state index contributed by atoms with van der Waals surface area (Å²) in [6.07, 6.45) is 9.36. The number of carbonyl (C=O) groups excluding carboxylic acids is 1. The lowest BCUT2D eigenvalue weighted by molar-refractivity contribution is -0.125. The number of hydrogen-bond donors (Lipinski definition) is 2. The van der Waals surface area contributed by atoms with E-state index in [1.54, 1.807) is 24.1 Å². The van der Waals surface area contributed by atoms with Gasteiger partial charge in [0.25, 0.3) is 5.92 Å². The van der Waals surface area contributed by atoms with Crippen LogP contribution in [0.25, 0.3) is 6.08 Å². The van der Waals surface area contributed by atoms with Crippen molar-refractivity contribution in [3.05, 3.63) is 64.2 Å². The standard InChI is InChI=1S/C23H26F2N4O2/c1-15(22(31)28-20-8-6-17(12-26-20)5-4-16-2-3-16)29-11-10-23(24,25)19(14-29)18-7-9-21(30)27-13-18/h4-9,12-13,15-16,19H,2-3,10-11,14H2,1H3,(H,27,30)(H,26,28,31)/b5-4+. The maximum absolute atomic E-state index is 14.6. The van der Waals surface area contributed by atoms with Crippen LogP contribution in [0, 0.1) is 5.92 Å². The number of halogens is 2. The summed E-state index contributed by atoms with van der Waals surface area (Å²) in [5, 5.41) is 2.78. The summed E-state index contributed by atoms with van der Waals surface area (Å²) in [4.78, 5) is 32.5. The number of H-pyrrole nitrogens is 1. The van der Waals surface area contributed by atoms with Gasteiger partial charge in [-0.1, -0.05) is 18.2 Å². The van der Waals surface area contributed by atoms with Crippen LogP contribution in [0.4, 0.5) is 14.6 Å². The quantitative estimate of drug-likeness (QED) is 0.736. The third kappa shape index (κ3) is 5.25. The maximum Gasteiger partial charge on any atom is 0.257 e. The first kappa shape index (κ1) is 21.4. The lowest BCUT2D eigenvalue weighted by Crippen LogP contribution is -2.52. The van der Waals surface area contributed by atoms with Crippen molar-refractivity contribution < 1.29 is 13.6 Å². The molecule has 4 rings (SSSR count). The second-order valence-corrected chi connectivity index (χ2v) is 8.38. The molecule has 1 amide bonds. The van der Waals surface area contributed by atoms with Crippen molar-refractivity contribution in [2.45, 2.75) is 44.1 Å². The minimum atomic E-state index is -2.91. The molecule has 2 unspecified atom stereocenters. The van der Waals surface area contributed by atoms with Gasteiger partial charge in [-0.25, -0.2) is 13.8 Å². The molecule has 2 fully saturated rings. The highest BCUT2D eigenvalue weighted by Gasteiger charge is 2.46. The number of aromatic nitrogens is 2. The maximum atomic E-state index is 14.6. The minimum Gasteiger partial charge on any atom is -0.329 e. The molecule has 164 valence electrons.